The summed E-state index contributed by atoms with van der Waals surface area (Å²) in [5.74, 6) is -1.44. The van der Waals surface area contributed by atoms with E-state index in [1.807, 2.05) is 30.3 Å². The van der Waals surface area contributed by atoms with Gasteiger partial charge in [-0.15, -0.1) is 0 Å². The van der Waals surface area contributed by atoms with Gasteiger partial charge < -0.3 is 19.8 Å². The van der Waals surface area contributed by atoms with Crippen molar-refractivity contribution < 1.29 is 23.1 Å². The Morgan fingerprint density at radius 3 is 2.45 bits per heavy atom. The van der Waals surface area contributed by atoms with Crippen LogP contribution in [-0.4, -0.2) is 18.9 Å². The zero-order valence-corrected chi connectivity index (χ0v) is 18.2. The van der Waals surface area contributed by atoms with Gasteiger partial charge in [0.25, 0.3) is 11.8 Å². The first-order chi connectivity index (χ1) is 16.0. The molecule has 0 bridgehead atoms. The molecule has 4 aromatic rings. The smallest absolute Gasteiger partial charge is 0.292 e. The van der Waals surface area contributed by atoms with E-state index in [9.17, 15) is 14.0 Å². The molecule has 6 nitrogen and oxygen atoms in total. The predicted octanol–water partition coefficient (Wildman–Crippen LogP) is 6.25. The van der Waals surface area contributed by atoms with E-state index in [-0.39, 0.29) is 22.0 Å². The van der Waals surface area contributed by atoms with E-state index in [4.69, 9.17) is 20.8 Å². The largest absolute Gasteiger partial charge is 0.495 e. The quantitative estimate of drug-likeness (QED) is 0.353. The lowest BCUT2D eigenvalue weighted by atomic mass is 10.1. The van der Waals surface area contributed by atoms with Gasteiger partial charge in [-0.2, -0.15) is 0 Å². The van der Waals surface area contributed by atoms with Gasteiger partial charge in [0.05, 0.1) is 24.6 Å². The van der Waals surface area contributed by atoms with Crippen molar-refractivity contribution in [3.8, 4) is 16.9 Å². The molecular formula is C25H18ClFN2O4. The molecule has 0 unspecified atom stereocenters. The van der Waals surface area contributed by atoms with Crippen LogP contribution in [0.15, 0.2) is 83.5 Å². The molecule has 0 aliphatic heterocycles. The maximum Gasteiger partial charge on any atom is 0.292 e. The molecule has 0 atom stereocenters. The molecule has 4 rings (SSSR count). The van der Waals surface area contributed by atoms with Crippen molar-refractivity contribution in [2.45, 2.75) is 0 Å². The number of halogens is 2. The van der Waals surface area contributed by atoms with E-state index >= 15 is 0 Å². The maximum atomic E-state index is 14.1. The fourth-order valence-electron chi connectivity index (χ4n) is 3.26. The van der Waals surface area contributed by atoms with Crippen LogP contribution >= 0.6 is 11.6 Å². The fourth-order valence-corrected chi connectivity index (χ4v) is 3.42. The molecular weight excluding hydrogens is 447 g/mol. The zero-order chi connectivity index (χ0) is 23.4. The molecule has 2 N–H and O–H groups in total. The van der Waals surface area contributed by atoms with Crippen LogP contribution in [0, 0.1) is 5.82 Å². The minimum atomic E-state index is -0.755. The van der Waals surface area contributed by atoms with Gasteiger partial charge >= 0.3 is 0 Å². The highest BCUT2D eigenvalue weighted by Gasteiger charge is 2.19. The first-order valence-electron chi connectivity index (χ1n) is 9.85. The number of hydrogen-bond donors (Lipinski definition) is 2. The average molecular weight is 465 g/mol. The lowest BCUT2D eigenvalue weighted by Crippen LogP contribution is -2.16. The van der Waals surface area contributed by atoms with Gasteiger partial charge in [0.1, 0.15) is 11.6 Å². The second-order valence-corrected chi connectivity index (χ2v) is 7.41. The number of methoxy groups -OCH3 is 1. The highest BCUT2D eigenvalue weighted by Crippen LogP contribution is 2.30. The zero-order valence-electron chi connectivity index (χ0n) is 17.4. The van der Waals surface area contributed by atoms with Gasteiger partial charge in [0.2, 0.25) is 0 Å². The molecule has 8 heteroatoms. The summed E-state index contributed by atoms with van der Waals surface area (Å²) in [5.41, 5.74) is 1.93. The summed E-state index contributed by atoms with van der Waals surface area (Å²) in [5, 5.41) is 5.53. The lowest BCUT2D eigenvalue weighted by Gasteiger charge is -2.13. The van der Waals surface area contributed by atoms with Crippen LogP contribution in [0.5, 0.6) is 5.75 Å². The van der Waals surface area contributed by atoms with Gasteiger partial charge in [-0.1, -0.05) is 41.9 Å². The Morgan fingerprint density at radius 2 is 1.73 bits per heavy atom. The topological polar surface area (TPSA) is 80.6 Å². The molecule has 3 aromatic carbocycles. The second kappa shape index (κ2) is 9.58. The average Bonchev–Trinajstić information content (AvgIpc) is 3.30. The summed E-state index contributed by atoms with van der Waals surface area (Å²) in [6.07, 6.45) is 1.44. The lowest BCUT2D eigenvalue weighted by molar-refractivity contribution is 0.0995. The van der Waals surface area contributed by atoms with Gasteiger partial charge in [0.15, 0.2) is 5.76 Å². The van der Waals surface area contributed by atoms with Gasteiger partial charge in [0, 0.05) is 16.3 Å². The first kappa shape index (κ1) is 22.1. The van der Waals surface area contributed by atoms with Crippen LogP contribution < -0.4 is 15.4 Å². The van der Waals surface area contributed by atoms with Crippen molar-refractivity contribution in [3.63, 3.8) is 0 Å². The Kier molecular flexibility index (Phi) is 6.42. The number of anilines is 2. The third kappa shape index (κ3) is 4.88. The molecule has 1 heterocycles. The van der Waals surface area contributed by atoms with Crippen LogP contribution in [0.25, 0.3) is 11.1 Å². The highest BCUT2D eigenvalue weighted by atomic mass is 35.5. The third-order valence-electron chi connectivity index (χ3n) is 4.84. The molecule has 0 radical (unpaired) electrons. The number of hydrogen-bond acceptors (Lipinski definition) is 4. The van der Waals surface area contributed by atoms with Crippen LogP contribution in [0.4, 0.5) is 15.8 Å². The van der Waals surface area contributed by atoms with E-state index in [0.29, 0.717) is 17.0 Å². The molecule has 2 amide bonds. The van der Waals surface area contributed by atoms with Crippen molar-refractivity contribution >= 4 is 34.8 Å². The highest BCUT2D eigenvalue weighted by molar-refractivity contribution is 6.30. The molecule has 1 aromatic heterocycles. The minimum absolute atomic E-state index is 0.144. The van der Waals surface area contributed by atoms with Crippen LogP contribution in [0.3, 0.4) is 0 Å². The Hall–Kier alpha value is -4.10. The van der Waals surface area contributed by atoms with Gasteiger partial charge in [-0.3, -0.25) is 9.59 Å². The van der Waals surface area contributed by atoms with Crippen molar-refractivity contribution in [1.29, 1.82) is 0 Å². The molecule has 166 valence electrons. The Morgan fingerprint density at radius 1 is 0.939 bits per heavy atom. The molecule has 0 fully saturated rings. The van der Waals surface area contributed by atoms with E-state index < -0.39 is 17.6 Å². The number of rotatable bonds is 6. The van der Waals surface area contributed by atoms with E-state index in [1.165, 1.54) is 31.6 Å². The van der Waals surface area contributed by atoms with Crippen LogP contribution in [0.1, 0.15) is 20.9 Å². The van der Waals surface area contributed by atoms with Gasteiger partial charge in [-0.25, -0.2) is 4.39 Å². The Bertz CT molecular complexity index is 1320. The molecule has 0 spiro atoms. The van der Waals surface area contributed by atoms with Crippen molar-refractivity contribution in [1.82, 2.24) is 0 Å². The fraction of sp³-hybridized carbons (Fsp3) is 0.0400. The summed E-state index contributed by atoms with van der Waals surface area (Å²) < 4.78 is 24.8. The van der Waals surface area contributed by atoms with E-state index in [0.717, 1.165) is 11.6 Å². The Balaban J connectivity index is 1.57. The summed E-state index contributed by atoms with van der Waals surface area (Å²) in [6, 6.07) is 19.5. The summed E-state index contributed by atoms with van der Waals surface area (Å²) >= 11 is 5.75. The number of benzene rings is 3. The number of nitrogens with one attached hydrogen (secondary N) is 2. The van der Waals surface area contributed by atoms with Crippen molar-refractivity contribution in [3.05, 3.63) is 101 Å². The van der Waals surface area contributed by atoms with E-state index in [2.05, 4.69) is 10.6 Å². The predicted molar refractivity (Wildman–Crippen MR) is 124 cm³/mol. The number of amides is 2. The standard InChI is InChI=1S/C25H18ClFN2O4/c1-32-22-10-8-17(14-21(22)29-24(30)19-9-7-16(26)13-20(19)27)28-25(31)23-18(11-12-33-23)15-5-3-2-4-6-15/h2-14H,1H3,(H,28,31)(H,29,30). The molecule has 0 saturated heterocycles. The minimum Gasteiger partial charge on any atom is -0.495 e. The number of carbonyl (C=O) groups is 2. The van der Waals surface area contributed by atoms with Crippen LogP contribution in [0.2, 0.25) is 5.02 Å². The monoisotopic (exact) mass is 464 g/mol. The van der Waals surface area contributed by atoms with Crippen molar-refractivity contribution in [2.24, 2.45) is 0 Å². The molecule has 0 saturated carbocycles. The molecule has 0 aliphatic carbocycles. The summed E-state index contributed by atoms with van der Waals surface area (Å²) in [6.45, 7) is 0. The van der Waals surface area contributed by atoms with E-state index in [1.54, 1.807) is 18.2 Å². The first-order valence-corrected chi connectivity index (χ1v) is 10.2. The SMILES string of the molecule is COc1ccc(NC(=O)c2occc2-c2ccccc2)cc1NC(=O)c1ccc(Cl)cc1F. The maximum absolute atomic E-state index is 14.1. The summed E-state index contributed by atoms with van der Waals surface area (Å²) in [7, 11) is 1.43. The van der Waals surface area contributed by atoms with Crippen LogP contribution in [-0.2, 0) is 0 Å². The number of furan rings is 1. The number of carbonyl (C=O) groups excluding carboxylic acids is 2. The second-order valence-electron chi connectivity index (χ2n) is 6.98. The van der Waals surface area contributed by atoms with Crippen molar-refractivity contribution in [2.75, 3.05) is 17.7 Å². The van der Waals surface area contributed by atoms with Gasteiger partial charge in [-0.05, 0) is 48.0 Å². The summed E-state index contributed by atoms with van der Waals surface area (Å²) in [4.78, 5) is 25.5. The Labute approximate surface area is 193 Å². The third-order valence-corrected chi connectivity index (χ3v) is 5.07. The molecule has 0 aliphatic rings. The normalized spacial score (nSPS) is 10.5. The number of ether oxygens (including phenoxy) is 1. The molecule has 33 heavy (non-hydrogen) atoms.